The Labute approximate surface area is 331 Å². The number of hydrogen-bond donors (Lipinski definition) is 0. The van der Waals surface area contributed by atoms with Crippen LogP contribution >= 0.6 is 7.82 Å². The smallest absolute Gasteiger partial charge is 0.306 e. The van der Waals surface area contributed by atoms with Gasteiger partial charge in [0, 0.05) is 12.8 Å². The Morgan fingerprint density at radius 1 is 0.556 bits per heavy atom. The third-order valence-corrected chi connectivity index (χ3v) is 9.74. The van der Waals surface area contributed by atoms with Gasteiger partial charge in [-0.2, -0.15) is 0 Å². The van der Waals surface area contributed by atoms with Crippen molar-refractivity contribution in [2.45, 2.75) is 174 Å². The summed E-state index contributed by atoms with van der Waals surface area (Å²) in [5.41, 5.74) is 0. The van der Waals surface area contributed by atoms with Gasteiger partial charge in [-0.05, 0) is 77.0 Å². The summed E-state index contributed by atoms with van der Waals surface area (Å²) in [6.45, 7) is 4.11. The van der Waals surface area contributed by atoms with E-state index in [1.54, 1.807) is 0 Å². The van der Waals surface area contributed by atoms with Crippen molar-refractivity contribution in [2.75, 3.05) is 47.5 Å². The molecule has 2 atom stereocenters. The van der Waals surface area contributed by atoms with E-state index in [9.17, 15) is 19.0 Å². The Bertz CT molecular complexity index is 1070. The highest BCUT2D eigenvalue weighted by Gasteiger charge is 2.21. The second-order valence-electron chi connectivity index (χ2n) is 15.3. The van der Waals surface area contributed by atoms with Gasteiger partial charge in [-0.25, -0.2) is 0 Å². The zero-order valence-corrected chi connectivity index (χ0v) is 36.0. The van der Waals surface area contributed by atoms with Crippen molar-refractivity contribution in [1.82, 2.24) is 0 Å². The Kier molecular flexibility index (Phi) is 35.2. The molecule has 0 radical (unpaired) electrons. The van der Waals surface area contributed by atoms with E-state index < -0.39 is 32.5 Å². The van der Waals surface area contributed by atoms with Gasteiger partial charge in [0.05, 0.1) is 27.7 Å². The zero-order chi connectivity index (χ0) is 40.0. The average Bonchev–Trinajstić information content (AvgIpc) is 3.12. The lowest BCUT2D eigenvalue weighted by Crippen LogP contribution is -2.37. The molecule has 0 spiro atoms. The van der Waals surface area contributed by atoms with Crippen LogP contribution in [-0.4, -0.2) is 70.0 Å². The predicted octanol–water partition coefficient (Wildman–Crippen LogP) is 11.3. The number of nitrogens with zero attached hydrogens (tertiary/aromatic N) is 1. The summed E-state index contributed by atoms with van der Waals surface area (Å²) in [5.74, 6) is -0.936. The number of carbonyl (C=O) groups is 2. The van der Waals surface area contributed by atoms with Crippen LogP contribution in [0.1, 0.15) is 168 Å². The van der Waals surface area contributed by atoms with Crippen molar-refractivity contribution in [3.8, 4) is 0 Å². The Morgan fingerprint density at radius 3 is 1.43 bits per heavy atom. The lowest BCUT2D eigenvalue weighted by molar-refractivity contribution is -0.870. The van der Waals surface area contributed by atoms with E-state index >= 15 is 0 Å². The van der Waals surface area contributed by atoms with Crippen LogP contribution in [0.5, 0.6) is 0 Å². The van der Waals surface area contributed by atoms with Gasteiger partial charge in [0.15, 0.2) is 6.10 Å². The summed E-state index contributed by atoms with van der Waals surface area (Å²) < 4.78 is 33.7. The van der Waals surface area contributed by atoms with Gasteiger partial charge in [-0.1, -0.05) is 127 Å². The maximum absolute atomic E-state index is 12.6. The Hall–Kier alpha value is -2.03. The first-order chi connectivity index (χ1) is 26.0. The second-order valence-corrected chi connectivity index (χ2v) is 16.7. The minimum atomic E-state index is -4.64. The third-order valence-electron chi connectivity index (χ3n) is 8.78. The first kappa shape index (κ1) is 52.0. The summed E-state index contributed by atoms with van der Waals surface area (Å²) >= 11 is 0. The number of rotatable bonds is 38. The summed E-state index contributed by atoms with van der Waals surface area (Å²) in [5, 5.41) is 0. The molecule has 0 aliphatic rings. The molecule has 54 heavy (non-hydrogen) atoms. The van der Waals surface area contributed by atoms with Crippen LogP contribution in [-0.2, 0) is 32.7 Å². The lowest BCUT2D eigenvalue weighted by atomic mass is 10.1. The molecule has 9 nitrogen and oxygen atoms in total. The molecule has 0 aliphatic carbocycles. The molecule has 10 heteroatoms. The number of carbonyl (C=O) groups excluding carboxylic acids is 2. The molecule has 314 valence electrons. The third kappa shape index (κ3) is 39.7. The van der Waals surface area contributed by atoms with Crippen molar-refractivity contribution in [1.29, 1.82) is 0 Å². The van der Waals surface area contributed by atoms with E-state index in [0.29, 0.717) is 23.9 Å². The molecule has 0 bridgehead atoms. The summed E-state index contributed by atoms with van der Waals surface area (Å²) in [6.07, 6.45) is 41.5. The van der Waals surface area contributed by atoms with Crippen LogP contribution in [0.3, 0.4) is 0 Å². The standard InChI is InChI=1S/C44H80NO8P/c1-6-8-10-12-14-16-18-20-22-24-26-28-30-32-34-36-43(46)50-40-42(41-52-54(48,49)51-39-38-45(3,4)5)53-44(47)37-35-33-31-29-27-25-23-21-19-17-15-13-11-9-7-2/h20-23,28-31,42H,6-19,24-27,32-41H2,1-5H3/b22-20-,23-21-,30-28-,31-29-. The van der Waals surface area contributed by atoms with Gasteiger partial charge in [-0.3, -0.25) is 14.2 Å². The number of ether oxygens (including phenoxy) is 2. The maximum atomic E-state index is 12.6. The van der Waals surface area contributed by atoms with Gasteiger partial charge >= 0.3 is 11.9 Å². The average molecular weight is 782 g/mol. The predicted molar refractivity (Wildman–Crippen MR) is 222 cm³/mol. The van der Waals surface area contributed by atoms with E-state index in [4.69, 9.17) is 18.5 Å². The van der Waals surface area contributed by atoms with E-state index in [0.717, 1.165) is 51.4 Å². The molecular weight excluding hydrogens is 701 g/mol. The van der Waals surface area contributed by atoms with E-state index in [1.807, 2.05) is 21.1 Å². The highest BCUT2D eigenvalue weighted by Crippen LogP contribution is 2.38. The molecule has 0 fully saturated rings. The van der Waals surface area contributed by atoms with Gasteiger partial charge in [0.25, 0.3) is 7.82 Å². The molecule has 0 aromatic carbocycles. The van der Waals surface area contributed by atoms with Crippen molar-refractivity contribution in [2.24, 2.45) is 0 Å². The molecule has 2 unspecified atom stereocenters. The number of allylic oxidation sites excluding steroid dienone is 8. The highest BCUT2D eigenvalue weighted by atomic mass is 31.2. The molecule has 0 saturated heterocycles. The fourth-order valence-electron chi connectivity index (χ4n) is 5.40. The van der Waals surface area contributed by atoms with Crippen LogP contribution < -0.4 is 4.89 Å². The number of likely N-dealkylation sites (N-methyl/N-ethyl adjacent to an activating group) is 1. The van der Waals surface area contributed by atoms with E-state index in [-0.39, 0.29) is 26.1 Å². The molecular formula is C44H80NO8P. The van der Waals surface area contributed by atoms with Crippen molar-refractivity contribution < 1.29 is 42.1 Å². The van der Waals surface area contributed by atoms with Crippen LogP contribution in [0.2, 0.25) is 0 Å². The van der Waals surface area contributed by atoms with Crippen LogP contribution in [0.4, 0.5) is 0 Å². The molecule has 0 heterocycles. The summed E-state index contributed by atoms with van der Waals surface area (Å²) in [7, 11) is 1.12. The molecule has 0 N–H and O–H groups in total. The molecule has 0 saturated carbocycles. The Morgan fingerprint density at radius 2 is 0.963 bits per heavy atom. The highest BCUT2D eigenvalue weighted by molar-refractivity contribution is 7.45. The van der Waals surface area contributed by atoms with Gasteiger partial charge < -0.3 is 27.9 Å². The monoisotopic (exact) mass is 782 g/mol. The second kappa shape index (κ2) is 36.6. The largest absolute Gasteiger partial charge is 0.756 e. The van der Waals surface area contributed by atoms with Crippen molar-refractivity contribution >= 4 is 19.8 Å². The minimum absolute atomic E-state index is 0.0445. The Balaban J connectivity index is 4.51. The number of quaternary nitrogens is 1. The molecule has 0 amide bonds. The van der Waals surface area contributed by atoms with Crippen molar-refractivity contribution in [3.63, 3.8) is 0 Å². The van der Waals surface area contributed by atoms with Crippen LogP contribution in [0.15, 0.2) is 48.6 Å². The minimum Gasteiger partial charge on any atom is -0.756 e. The van der Waals surface area contributed by atoms with Crippen LogP contribution in [0.25, 0.3) is 0 Å². The summed E-state index contributed by atoms with van der Waals surface area (Å²) in [4.78, 5) is 37.4. The molecule has 0 aromatic heterocycles. The number of phosphoric ester groups is 1. The number of esters is 2. The van der Waals surface area contributed by atoms with Crippen molar-refractivity contribution in [3.05, 3.63) is 48.6 Å². The molecule has 0 rings (SSSR count). The first-order valence-corrected chi connectivity index (χ1v) is 22.8. The number of hydrogen-bond acceptors (Lipinski definition) is 8. The first-order valence-electron chi connectivity index (χ1n) is 21.3. The molecule has 0 aromatic rings. The fourth-order valence-corrected chi connectivity index (χ4v) is 6.13. The van der Waals surface area contributed by atoms with E-state index in [2.05, 4.69) is 62.5 Å². The normalized spacial score (nSPS) is 14.1. The maximum Gasteiger partial charge on any atom is 0.306 e. The molecule has 0 aliphatic heterocycles. The quantitative estimate of drug-likeness (QED) is 0.0200. The SMILES string of the molecule is CCCCCCCC/C=C\CC/C=C\CCCC(=O)OCC(COP(=O)([O-])OCC[N+](C)(C)C)OC(=O)CCC/C=C\CC/C=C\CCCCCCCC. The number of phosphoric acid groups is 1. The fraction of sp³-hybridized carbons (Fsp3) is 0.773. The number of unbranched alkanes of at least 4 members (excludes halogenated alkanes) is 16. The van der Waals surface area contributed by atoms with Gasteiger partial charge in [0.2, 0.25) is 0 Å². The van der Waals surface area contributed by atoms with Crippen LogP contribution in [0, 0.1) is 0 Å². The zero-order valence-electron chi connectivity index (χ0n) is 35.2. The topological polar surface area (TPSA) is 111 Å². The van der Waals surface area contributed by atoms with E-state index in [1.165, 1.54) is 77.0 Å². The van der Waals surface area contributed by atoms with Gasteiger partial charge in [0.1, 0.15) is 19.8 Å². The lowest BCUT2D eigenvalue weighted by Gasteiger charge is -2.28. The van der Waals surface area contributed by atoms with Gasteiger partial charge in [-0.15, -0.1) is 0 Å². The summed E-state index contributed by atoms with van der Waals surface area (Å²) in [6, 6.07) is 0.